The van der Waals surface area contributed by atoms with E-state index >= 15 is 0 Å². The lowest BCUT2D eigenvalue weighted by molar-refractivity contribution is 0.574. The van der Waals surface area contributed by atoms with Gasteiger partial charge >= 0.3 is 0 Å². The zero-order valence-electron chi connectivity index (χ0n) is 8.32. The lowest BCUT2D eigenvalue weighted by atomic mass is 10.0. The van der Waals surface area contributed by atoms with Gasteiger partial charge in [-0.3, -0.25) is 0 Å². The molecule has 4 nitrogen and oxygen atoms in total. The number of hydrogen-bond acceptors (Lipinski definition) is 5. The fourth-order valence-corrected chi connectivity index (χ4v) is 2.48. The van der Waals surface area contributed by atoms with Crippen LogP contribution < -0.4 is 11.1 Å². The number of nitrogens with one attached hydrogen (secondary N) is 1. The molecule has 0 radical (unpaired) electrons. The minimum absolute atomic E-state index is 0.268. The number of rotatable bonds is 2. The summed E-state index contributed by atoms with van der Waals surface area (Å²) in [6, 6.07) is 0.437. The number of hydrogen-bond donors (Lipinski definition) is 2. The van der Waals surface area contributed by atoms with Crippen LogP contribution in [0.5, 0.6) is 0 Å². The first-order chi connectivity index (χ1) is 6.59. The van der Waals surface area contributed by atoms with E-state index in [1.165, 1.54) is 0 Å². The summed E-state index contributed by atoms with van der Waals surface area (Å²) >= 11 is 1.94. The smallest absolute Gasteiger partial charge is 0.169 e. The molecule has 1 aliphatic rings. The van der Waals surface area contributed by atoms with E-state index in [-0.39, 0.29) is 4.75 Å². The van der Waals surface area contributed by atoms with Crippen molar-refractivity contribution in [2.75, 3.05) is 16.8 Å². The third-order valence-corrected chi connectivity index (χ3v) is 4.03. The van der Waals surface area contributed by atoms with Crippen LogP contribution in [0.15, 0.2) is 12.4 Å². The molecule has 14 heavy (non-hydrogen) atoms. The van der Waals surface area contributed by atoms with Crippen molar-refractivity contribution in [1.29, 1.82) is 0 Å². The normalized spacial score (nSPS) is 24.0. The highest BCUT2D eigenvalue weighted by atomic mass is 32.2. The topological polar surface area (TPSA) is 63.8 Å². The van der Waals surface area contributed by atoms with Gasteiger partial charge in [-0.25, -0.2) is 9.97 Å². The molecule has 2 heterocycles. The first kappa shape index (κ1) is 9.58. The molecule has 1 atom stereocenters. The lowest BCUT2D eigenvalue weighted by Crippen LogP contribution is -2.50. The number of thioether (sulfide) groups is 1. The van der Waals surface area contributed by atoms with Crippen LogP contribution in [0.3, 0.4) is 0 Å². The molecular weight excluding hydrogens is 196 g/mol. The van der Waals surface area contributed by atoms with Crippen molar-refractivity contribution >= 4 is 23.4 Å². The van der Waals surface area contributed by atoms with Gasteiger partial charge in [-0.15, -0.1) is 0 Å². The Morgan fingerprint density at radius 1 is 1.50 bits per heavy atom. The Kier molecular flexibility index (Phi) is 2.26. The maximum absolute atomic E-state index is 5.69. The highest BCUT2D eigenvalue weighted by Gasteiger charge is 2.39. The van der Waals surface area contributed by atoms with E-state index < -0.39 is 0 Å². The van der Waals surface area contributed by atoms with Crippen molar-refractivity contribution in [2.24, 2.45) is 0 Å². The summed E-state index contributed by atoms with van der Waals surface area (Å²) in [4.78, 5) is 8.14. The predicted molar refractivity (Wildman–Crippen MR) is 60.4 cm³/mol. The lowest BCUT2D eigenvalue weighted by Gasteiger charge is -2.44. The van der Waals surface area contributed by atoms with Crippen LogP contribution in [0.1, 0.15) is 13.8 Å². The molecule has 0 aromatic carbocycles. The van der Waals surface area contributed by atoms with Gasteiger partial charge < -0.3 is 11.1 Å². The molecule has 1 aliphatic heterocycles. The molecule has 3 N–H and O–H groups in total. The first-order valence-corrected chi connectivity index (χ1v) is 5.55. The van der Waals surface area contributed by atoms with Gasteiger partial charge in [0.15, 0.2) is 11.6 Å². The number of nitrogens with zero attached hydrogens (tertiary/aromatic N) is 2. The van der Waals surface area contributed by atoms with Crippen molar-refractivity contribution in [3.8, 4) is 0 Å². The molecule has 1 aromatic rings. The molecule has 1 saturated heterocycles. The Hall–Kier alpha value is -0.970. The summed E-state index contributed by atoms with van der Waals surface area (Å²) in [6.45, 7) is 4.43. The van der Waals surface area contributed by atoms with E-state index in [9.17, 15) is 0 Å². The molecule has 0 amide bonds. The number of nitrogen functional groups attached to an aromatic ring is 1. The van der Waals surface area contributed by atoms with E-state index in [1.54, 1.807) is 12.4 Å². The van der Waals surface area contributed by atoms with Crippen molar-refractivity contribution in [1.82, 2.24) is 9.97 Å². The van der Waals surface area contributed by atoms with Gasteiger partial charge in [-0.1, -0.05) is 0 Å². The monoisotopic (exact) mass is 210 g/mol. The second-order valence-corrected chi connectivity index (χ2v) is 5.58. The molecule has 1 aromatic heterocycles. The SMILES string of the molecule is CC1(C)SCC1Nc1nccnc1N. The number of nitrogens with two attached hydrogens (primary N) is 1. The Morgan fingerprint density at radius 3 is 2.71 bits per heavy atom. The first-order valence-electron chi connectivity index (χ1n) is 4.56. The molecule has 5 heteroatoms. The van der Waals surface area contributed by atoms with E-state index in [2.05, 4.69) is 29.1 Å². The van der Waals surface area contributed by atoms with Crippen LogP contribution >= 0.6 is 11.8 Å². The van der Waals surface area contributed by atoms with Gasteiger partial charge in [0.2, 0.25) is 0 Å². The quantitative estimate of drug-likeness (QED) is 0.771. The van der Waals surface area contributed by atoms with Crippen LogP contribution in [0, 0.1) is 0 Å². The highest BCUT2D eigenvalue weighted by Crippen LogP contribution is 2.41. The van der Waals surface area contributed by atoms with Gasteiger partial charge in [0.05, 0.1) is 6.04 Å². The minimum Gasteiger partial charge on any atom is -0.381 e. The third-order valence-electron chi connectivity index (χ3n) is 2.50. The number of aromatic nitrogens is 2. The Labute approximate surface area is 87.7 Å². The predicted octanol–water partition coefficient (Wildman–Crippen LogP) is 1.36. The molecule has 1 fully saturated rings. The van der Waals surface area contributed by atoms with Gasteiger partial charge in [-0.05, 0) is 13.8 Å². The summed E-state index contributed by atoms with van der Waals surface area (Å²) in [5.41, 5.74) is 5.69. The van der Waals surface area contributed by atoms with Crippen LogP contribution in [0.4, 0.5) is 11.6 Å². The van der Waals surface area contributed by atoms with E-state index in [4.69, 9.17) is 5.73 Å². The van der Waals surface area contributed by atoms with E-state index in [1.807, 2.05) is 11.8 Å². The van der Waals surface area contributed by atoms with Crippen LogP contribution in [0.2, 0.25) is 0 Å². The molecule has 0 spiro atoms. The summed E-state index contributed by atoms with van der Waals surface area (Å²) in [7, 11) is 0. The zero-order chi connectivity index (χ0) is 10.2. The highest BCUT2D eigenvalue weighted by molar-refractivity contribution is 8.02. The maximum atomic E-state index is 5.69. The molecule has 1 unspecified atom stereocenters. The molecule has 0 bridgehead atoms. The van der Waals surface area contributed by atoms with Crippen molar-refractivity contribution in [2.45, 2.75) is 24.6 Å². The van der Waals surface area contributed by atoms with E-state index in [0.717, 1.165) is 5.75 Å². The van der Waals surface area contributed by atoms with Gasteiger partial charge in [-0.2, -0.15) is 11.8 Å². The molecule has 0 saturated carbocycles. The Morgan fingerprint density at radius 2 is 2.21 bits per heavy atom. The molecular formula is C9H14N4S. The second kappa shape index (κ2) is 3.31. The Bertz CT molecular complexity index is 339. The molecule has 2 rings (SSSR count). The minimum atomic E-state index is 0.268. The zero-order valence-corrected chi connectivity index (χ0v) is 9.14. The molecule has 76 valence electrons. The summed E-state index contributed by atoms with van der Waals surface area (Å²) in [5, 5.41) is 3.32. The fourth-order valence-electron chi connectivity index (χ4n) is 1.34. The average Bonchev–Trinajstić information content (AvgIpc) is 2.15. The van der Waals surface area contributed by atoms with Crippen LogP contribution in [-0.2, 0) is 0 Å². The van der Waals surface area contributed by atoms with Crippen molar-refractivity contribution in [3.63, 3.8) is 0 Å². The third kappa shape index (κ3) is 1.64. The van der Waals surface area contributed by atoms with Gasteiger partial charge in [0.25, 0.3) is 0 Å². The van der Waals surface area contributed by atoms with E-state index in [0.29, 0.717) is 17.7 Å². The average molecular weight is 210 g/mol. The van der Waals surface area contributed by atoms with Crippen LogP contribution in [-0.4, -0.2) is 26.5 Å². The fraction of sp³-hybridized carbons (Fsp3) is 0.556. The summed E-state index contributed by atoms with van der Waals surface area (Å²) in [6.07, 6.45) is 3.25. The summed E-state index contributed by atoms with van der Waals surface area (Å²) < 4.78 is 0.268. The number of anilines is 2. The summed E-state index contributed by atoms with van der Waals surface area (Å²) in [5.74, 6) is 2.27. The molecule has 0 aliphatic carbocycles. The van der Waals surface area contributed by atoms with Crippen molar-refractivity contribution < 1.29 is 0 Å². The van der Waals surface area contributed by atoms with Gasteiger partial charge in [0.1, 0.15) is 0 Å². The standard InChI is InChI=1S/C9H14N4S/c1-9(2)6(5-14-9)13-8-7(10)11-3-4-12-8/h3-4,6H,5H2,1-2H3,(H2,10,11)(H,12,13). The maximum Gasteiger partial charge on any atom is 0.169 e. The Balaban J connectivity index is 2.08. The van der Waals surface area contributed by atoms with Crippen LogP contribution in [0.25, 0.3) is 0 Å². The second-order valence-electron chi connectivity index (χ2n) is 3.90. The largest absolute Gasteiger partial charge is 0.381 e. The van der Waals surface area contributed by atoms with Gasteiger partial charge in [0, 0.05) is 22.9 Å². The van der Waals surface area contributed by atoms with Crippen molar-refractivity contribution in [3.05, 3.63) is 12.4 Å².